The number of hydrogen-bond donors (Lipinski definition) is 1. The Hall–Kier alpha value is -1.43. The highest BCUT2D eigenvalue weighted by Crippen LogP contribution is 2.13. The molecule has 1 N–H and O–H groups in total. The number of ether oxygens (including phenoxy) is 3. The second-order valence-electron chi connectivity index (χ2n) is 5.09. The molecule has 118 valence electrons. The fourth-order valence-electron chi connectivity index (χ4n) is 1.79. The molecule has 0 spiro atoms. The lowest BCUT2D eigenvalue weighted by Gasteiger charge is -2.16. The summed E-state index contributed by atoms with van der Waals surface area (Å²) in [7, 11) is 1.61. The first-order chi connectivity index (χ1) is 10.0. The van der Waals surface area contributed by atoms with Gasteiger partial charge < -0.3 is 19.3 Å². The molecular weight excluding hydrogens is 272 g/mol. The third-order valence-electron chi connectivity index (χ3n) is 2.79. The second-order valence-corrected chi connectivity index (χ2v) is 5.09. The van der Waals surface area contributed by atoms with E-state index in [0.717, 1.165) is 5.56 Å². The summed E-state index contributed by atoms with van der Waals surface area (Å²) in [5.74, 6) is 0.785. The molecule has 1 aromatic carbocycles. The number of hydrogen-bond acceptors (Lipinski definition) is 5. The van der Waals surface area contributed by atoms with Gasteiger partial charge in [0.25, 0.3) is 0 Å². The van der Waals surface area contributed by atoms with Gasteiger partial charge in [-0.3, -0.25) is 4.79 Å². The number of aliphatic hydroxyl groups is 1. The van der Waals surface area contributed by atoms with Crippen molar-refractivity contribution in [3.63, 3.8) is 0 Å². The van der Waals surface area contributed by atoms with Crippen LogP contribution in [0, 0.1) is 0 Å². The van der Waals surface area contributed by atoms with Gasteiger partial charge in [-0.25, -0.2) is 0 Å². The van der Waals surface area contributed by atoms with Gasteiger partial charge in [-0.2, -0.15) is 0 Å². The molecule has 0 aromatic heterocycles. The van der Waals surface area contributed by atoms with Crippen LogP contribution in [0.2, 0.25) is 0 Å². The van der Waals surface area contributed by atoms with E-state index in [1.165, 1.54) is 0 Å². The molecule has 0 amide bonds. The smallest absolute Gasteiger partial charge is 0.134 e. The van der Waals surface area contributed by atoms with E-state index in [9.17, 15) is 9.90 Å². The van der Waals surface area contributed by atoms with Gasteiger partial charge >= 0.3 is 0 Å². The maximum Gasteiger partial charge on any atom is 0.134 e. The Labute approximate surface area is 125 Å². The zero-order chi connectivity index (χ0) is 15.7. The number of benzene rings is 1. The zero-order valence-electron chi connectivity index (χ0n) is 12.9. The summed E-state index contributed by atoms with van der Waals surface area (Å²) in [5.41, 5.74) is 0.951. The van der Waals surface area contributed by atoms with Crippen LogP contribution in [-0.2, 0) is 20.7 Å². The molecule has 0 saturated heterocycles. The van der Waals surface area contributed by atoms with Crippen molar-refractivity contribution in [1.82, 2.24) is 0 Å². The van der Waals surface area contributed by atoms with Gasteiger partial charge in [0.05, 0.1) is 19.3 Å². The molecule has 0 aliphatic heterocycles. The van der Waals surface area contributed by atoms with E-state index in [4.69, 9.17) is 14.2 Å². The third kappa shape index (κ3) is 7.80. The average molecular weight is 296 g/mol. The molecule has 0 bridgehead atoms. The first kappa shape index (κ1) is 17.6. The minimum absolute atomic E-state index is 0.0597. The molecule has 5 heteroatoms. The molecule has 21 heavy (non-hydrogen) atoms. The molecule has 0 aliphatic rings. The molecule has 2 atom stereocenters. The van der Waals surface area contributed by atoms with Crippen molar-refractivity contribution in [2.45, 2.75) is 32.5 Å². The van der Waals surface area contributed by atoms with Gasteiger partial charge in [-0.1, -0.05) is 12.1 Å². The second kappa shape index (κ2) is 9.50. The van der Waals surface area contributed by atoms with Crippen LogP contribution in [0.3, 0.4) is 0 Å². The highest BCUT2D eigenvalue weighted by atomic mass is 16.5. The van der Waals surface area contributed by atoms with E-state index in [2.05, 4.69) is 0 Å². The molecule has 0 heterocycles. The van der Waals surface area contributed by atoms with Gasteiger partial charge in [-0.05, 0) is 31.5 Å². The lowest BCUT2D eigenvalue weighted by Crippen LogP contribution is -2.27. The van der Waals surface area contributed by atoms with Crippen LogP contribution >= 0.6 is 0 Å². The van der Waals surface area contributed by atoms with E-state index in [1.54, 1.807) is 26.2 Å². The van der Waals surface area contributed by atoms with Crippen LogP contribution in [-0.4, -0.2) is 50.0 Å². The summed E-state index contributed by atoms with van der Waals surface area (Å²) < 4.78 is 15.8. The van der Waals surface area contributed by atoms with Crippen molar-refractivity contribution >= 4 is 5.78 Å². The average Bonchev–Trinajstić information content (AvgIpc) is 2.44. The topological polar surface area (TPSA) is 65.0 Å². The largest absolute Gasteiger partial charge is 0.491 e. The Morgan fingerprint density at radius 3 is 2.43 bits per heavy atom. The van der Waals surface area contributed by atoms with Gasteiger partial charge in [0.15, 0.2) is 0 Å². The van der Waals surface area contributed by atoms with E-state index < -0.39 is 6.10 Å². The first-order valence-corrected chi connectivity index (χ1v) is 7.01. The quantitative estimate of drug-likeness (QED) is 0.710. The van der Waals surface area contributed by atoms with Gasteiger partial charge in [0.2, 0.25) is 0 Å². The van der Waals surface area contributed by atoms with Crippen molar-refractivity contribution in [2.75, 3.05) is 26.9 Å². The van der Waals surface area contributed by atoms with Crippen LogP contribution in [0.5, 0.6) is 5.75 Å². The summed E-state index contributed by atoms with van der Waals surface area (Å²) in [6.07, 6.45) is -0.328. The van der Waals surface area contributed by atoms with Crippen LogP contribution in [0.25, 0.3) is 0 Å². The minimum Gasteiger partial charge on any atom is -0.491 e. The Morgan fingerprint density at radius 1 is 1.19 bits per heavy atom. The van der Waals surface area contributed by atoms with E-state index in [1.807, 2.05) is 19.1 Å². The Bertz CT molecular complexity index is 415. The predicted molar refractivity (Wildman–Crippen MR) is 79.6 cm³/mol. The van der Waals surface area contributed by atoms with Crippen molar-refractivity contribution in [2.24, 2.45) is 0 Å². The van der Waals surface area contributed by atoms with Crippen LogP contribution in [0.4, 0.5) is 0 Å². The van der Waals surface area contributed by atoms with E-state index >= 15 is 0 Å². The van der Waals surface area contributed by atoms with E-state index in [0.29, 0.717) is 18.8 Å². The number of rotatable bonds is 10. The molecule has 0 radical (unpaired) electrons. The molecule has 0 aliphatic carbocycles. The lowest BCUT2D eigenvalue weighted by molar-refractivity contribution is -0.116. The summed E-state index contributed by atoms with van der Waals surface area (Å²) in [6, 6.07) is 7.28. The van der Waals surface area contributed by atoms with Crippen molar-refractivity contribution in [1.29, 1.82) is 0 Å². The van der Waals surface area contributed by atoms with Gasteiger partial charge in [0, 0.05) is 13.5 Å². The maximum atomic E-state index is 11.0. The summed E-state index contributed by atoms with van der Waals surface area (Å²) in [4.78, 5) is 11.0. The Balaban J connectivity index is 2.29. The lowest BCUT2D eigenvalue weighted by atomic mass is 10.1. The Kier molecular flexibility index (Phi) is 7.97. The number of ketones is 1. The number of carbonyl (C=O) groups excluding carboxylic acids is 1. The minimum atomic E-state index is -0.693. The fraction of sp³-hybridized carbons (Fsp3) is 0.562. The van der Waals surface area contributed by atoms with Crippen molar-refractivity contribution in [3.8, 4) is 5.75 Å². The number of Topliss-reactive ketones (excluding diaryl/α,β-unsaturated/α-hetero) is 1. The molecule has 1 rings (SSSR count). The van der Waals surface area contributed by atoms with Crippen LogP contribution in [0.15, 0.2) is 24.3 Å². The van der Waals surface area contributed by atoms with Crippen molar-refractivity contribution < 1.29 is 24.1 Å². The fourth-order valence-corrected chi connectivity index (χ4v) is 1.79. The summed E-state index contributed by atoms with van der Waals surface area (Å²) in [5, 5.41) is 9.77. The van der Waals surface area contributed by atoms with E-state index in [-0.39, 0.29) is 25.1 Å². The first-order valence-electron chi connectivity index (χ1n) is 7.01. The normalized spacial score (nSPS) is 13.7. The number of carbonyl (C=O) groups is 1. The SMILES string of the molecule is COCC(C)OCC(O)COc1ccc(CC(C)=O)cc1. The number of methoxy groups -OCH3 is 1. The molecule has 0 fully saturated rings. The summed E-state index contributed by atoms with van der Waals surface area (Å²) in [6.45, 7) is 4.29. The predicted octanol–water partition coefficient (Wildman–Crippen LogP) is 1.61. The number of aliphatic hydroxyl groups excluding tert-OH is 1. The highest BCUT2D eigenvalue weighted by Gasteiger charge is 2.09. The standard InChI is InChI=1S/C16H24O5/c1-12(17)8-14-4-6-16(7-5-14)21-11-15(18)10-20-13(2)9-19-3/h4-7,13,15,18H,8-11H2,1-3H3. The Morgan fingerprint density at radius 2 is 1.86 bits per heavy atom. The monoisotopic (exact) mass is 296 g/mol. The molecule has 5 nitrogen and oxygen atoms in total. The summed E-state index contributed by atoms with van der Waals surface area (Å²) >= 11 is 0. The van der Waals surface area contributed by atoms with Crippen molar-refractivity contribution in [3.05, 3.63) is 29.8 Å². The van der Waals surface area contributed by atoms with Crippen LogP contribution in [0.1, 0.15) is 19.4 Å². The van der Waals surface area contributed by atoms with Crippen LogP contribution < -0.4 is 4.74 Å². The third-order valence-corrected chi connectivity index (χ3v) is 2.79. The molecule has 1 aromatic rings. The maximum absolute atomic E-state index is 11.0. The zero-order valence-corrected chi connectivity index (χ0v) is 12.9. The van der Waals surface area contributed by atoms with Gasteiger partial charge in [-0.15, -0.1) is 0 Å². The molecule has 2 unspecified atom stereocenters. The van der Waals surface area contributed by atoms with Gasteiger partial charge in [0.1, 0.15) is 24.2 Å². The highest BCUT2D eigenvalue weighted by molar-refractivity contribution is 5.78. The molecule has 0 saturated carbocycles. The molecular formula is C16H24O5.